The average molecular weight is 485 g/mol. The van der Waals surface area contributed by atoms with Gasteiger partial charge >= 0.3 is 0 Å². The van der Waals surface area contributed by atoms with Crippen LogP contribution in [-0.2, 0) is 27.2 Å². The number of primary amides is 1. The molecule has 0 unspecified atom stereocenters. The number of aromatic hydroxyl groups is 1. The molecule has 0 spiro atoms. The summed E-state index contributed by atoms with van der Waals surface area (Å²) in [5.41, 5.74) is 3.75. The normalized spacial score (nSPS) is 26.3. The number of phenols is 1. The van der Waals surface area contributed by atoms with Crippen molar-refractivity contribution in [3.63, 3.8) is 0 Å². The summed E-state index contributed by atoms with van der Waals surface area (Å²) in [6, 6.07) is 1.89. The Morgan fingerprint density at radius 3 is 2.34 bits per heavy atom. The number of Topliss-reactive ketones (excluding diaryl/α,β-unsaturated/α-hetero) is 2. The highest BCUT2D eigenvalue weighted by Crippen LogP contribution is 2.53. The molecule has 3 aliphatic rings. The van der Waals surface area contributed by atoms with E-state index in [1.165, 1.54) is 0 Å². The van der Waals surface area contributed by atoms with Gasteiger partial charge in [-0.15, -0.1) is 0 Å². The smallest absolute Gasteiger partial charge is 0.255 e. The molecule has 188 valence electrons. The second-order valence-corrected chi connectivity index (χ2v) is 11.3. The molecule has 35 heavy (non-hydrogen) atoms. The summed E-state index contributed by atoms with van der Waals surface area (Å²) in [6.45, 7) is 6.06. The third kappa shape index (κ3) is 3.60. The van der Waals surface area contributed by atoms with Crippen molar-refractivity contribution < 1.29 is 34.8 Å². The monoisotopic (exact) mass is 484 g/mol. The fourth-order valence-electron chi connectivity index (χ4n) is 5.83. The van der Waals surface area contributed by atoms with Crippen molar-refractivity contribution in [2.45, 2.75) is 52.1 Å². The van der Waals surface area contributed by atoms with Gasteiger partial charge in [-0.05, 0) is 47.8 Å². The van der Waals surface area contributed by atoms with E-state index in [1.807, 2.05) is 45.8 Å². The minimum atomic E-state index is -2.56. The van der Waals surface area contributed by atoms with Crippen molar-refractivity contribution in [1.29, 1.82) is 0 Å². The van der Waals surface area contributed by atoms with Crippen LogP contribution in [0.4, 0.5) is 5.69 Å². The first-order valence-electron chi connectivity index (χ1n) is 11.6. The molecule has 1 aromatic carbocycles. The Morgan fingerprint density at radius 2 is 1.80 bits per heavy atom. The highest BCUT2D eigenvalue weighted by atomic mass is 16.3. The van der Waals surface area contributed by atoms with Crippen LogP contribution in [0.5, 0.6) is 5.75 Å². The third-order valence-corrected chi connectivity index (χ3v) is 7.32. The average Bonchev–Trinajstić information content (AvgIpc) is 2.71. The van der Waals surface area contributed by atoms with E-state index in [-0.39, 0.29) is 41.6 Å². The van der Waals surface area contributed by atoms with Crippen LogP contribution in [0.15, 0.2) is 23.0 Å². The van der Waals surface area contributed by atoms with Crippen molar-refractivity contribution in [3.05, 3.63) is 39.7 Å². The van der Waals surface area contributed by atoms with E-state index in [0.717, 1.165) is 5.69 Å². The molecule has 6 N–H and O–H groups in total. The predicted octanol–water partition coefficient (Wildman–Crippen LogP) is 2.08. The largest absolute Gasteiger partial charge is 0.508 e. The van der Waals surface area contributed by atoms with Crippen molar-refractivity contribution in [2.24, 2.45) is 23.0 Å². The summed E-state index contributed by atoms with van der Waals surface area (Å²) in [6.07, 6.45) is 0.566. The number of benzene rings is 1. The molecular formula is C26H32N2O7. The van der Waals surface area contributed by atoms with E-state index in [9.17, 15) is 34.8 Å². The zero-order valence-electron chi connectivity index (χ0n) is 20.6. The second kappa shape index (κ2) is 7.84. The number of phenolic OH excluding ortho intramolecular Hbond substituents is 1. The number of amides is 1. The summed E-state index contributed by atoms with van der Waals surface area (Å²) in [7, 11) is 3.70. The fraction of sp³-hybridized carbons (Fsp3) is 0.500. The first kappa shape index (κ1) is 24.8. The number of nitrogens with two attached hydrogens (primary N) is 1. The van der Waals surface area contributed by atoms with E-state index in [2.05, 4.69) is 0 Å². The van der Waals surface area contributed by atoms with Crippen LogP contribution in [0.25, 0.3) is 5.76 Å². The number of anilines is 1. The van der Waals surface area contributed by atoms with E-state index in [0.29, 0.717) is 17.5 Å². The van der Waals surface area contributed by atoms with Crippen LogP contribution >= 0.6 is 0 Å². The van der Waals surface area contributed by atoms with Gasteiger partial charge in [0.2, 0.25) is 5.78 Å². The first-order chi connectivity index (χ1) is 16.1. The van der Waals surface area contributed by atoms with Crippen molar-refractivity contribution >= 4 is 28.9 Å². The molecule has 1 aromatic rings. The summed E-state index contributed by atoms with van der Waals surface area (Å²) in [4.78, 5) is 39.8. The zero-order chi connectivity index (χ0) is 26.2. The van der Waals surface area contributed by atoms with Crippen molar-refractivity contribution in [1.82, 2.24) is 0 Å². The second-order valence-electron chi connectivity index (χ2n) is 11.3. The molecule has 3 atom stereocenters. The number of nitrogens with zero attached hydrogens (tertiary/aromatic N) is 1. The lowest BCUT2D eigenvalue weighted by molar-refractivity contribution is -0.147. The van der Waals surface area contributed by atoms with Gasteiger partial charge in [-0.25, -0.2) is 0 Å². The molecule has 0 saturated heterocycles. The number of ketones is 2. The maximum Gasteiger partial charge on any atom is 0.255 e. The number of fused-ring (bicyclic) bond motifs is 3. The molecule has 0 heterocycles. The molecule has 9 nitrogen and oxygen atoms in total. The summed E-state index contributed by atoms with van der Waals surface area (Å²) < 4.78 is 0. The Balaban J connectivity index is 1.96. The summed E-state index contributed by atoms with van der Waals surface area (Å²) in [5.74, 6) is -6.16. The lowest BCUT2D eigenvalue weighted by atomic mass is 9.59. The van der Waals surface area contributed by atoms with Gasteiger partial charge in [0.15, 0.2) is 11.4 Å². The Bertz CT molecular complexity index is 1240. The number of carbonyl (C=O) groups is 3. The van der Waals surface area contributed by atoms with Gasteiger partial charge in [-0.1, -0.05) is 20.8 Å². The number of hydrogen-bond acceptors (Lipinski definition) is 8. The van der Waals surface area contributed by atoms with Crippen LogP contribution in [0.3, 0.4) is 0 Å². The summed E-state index contributed by atoms with van der Waals surface area (Å²) in [5, 5.41) is 44.6. The molecule has 0 aromatic heterocycles. The number of aliphatic hydroxyl groups excluding tert-OH is 2. The molecule has 1 fully saturated rings. The van der Waals surface area contributed by atoms with Crippen LogP contribution < -0.4 is 10.6 Å². The summed E-state index contributed by atoms with van der Waals surface area (Å²) >= 11 is 0. The standard InChI is InChI=1S/C26H32N2O7/c1-25(2,3)10-12-8-15(28(4)5)14-7-11-6-13-9-16(29)19(24(27)34)23(33)26(13,35)22(32)17(11)21(31)18(14)20(12)30/h8,11,13,30-31,33,35H,6-7,9-10H2,1-5H3,(H2,27,34)/t11-,13+,26+/m1/s1. The SMILES string of the molecule is CN(C)c1cc(CC(C)(C)C)c(O)c2c1C[C@H]1C[C@H]3CC(=O)C(C(N)=O)=C(O)[C@@]3(O)C(=O)C1=C2O. The van der Waals surface area contributed by atoms with Gasteiger partial charge in [-0.3, -0.25) is 14.4 Å². The zero-order valence-corrected chi connectivity index (χ0v) is 20.6. The molecule has 0 bridgehead atoms. The van der Waals surface area contributed by atoms with Crippen LogP contribution in [0.1, 0.15) is 50.3 Å². The molecule has 4 rings (SSSR count). The number of aliphatic hydroxyl groups is 3. The number of rotatable bonds is 3. The van der Waals surface area contributed by atoms with Gasteiger partial charge in [0, 0.05) is 37.7 Å². The van der Waals surface area contributed by atoms with E-state index in [4.69, 9.17) is 5.73 Å². The quantitative estimate of drug-likeness (QED) is 0.407. The Labute approximate surface area is 203 Å². The number of hydrogen-bond donors (Lipinski definition) is 5. The lowest BCUT2D eigenvalue weighted by Crippen LogP contribution is -2.58. The Kier molecular flexibility index (Phi) is 5.55. The highest BCUT2D eigenvalue weighted by Gasteiger charge is 2.60. The molecule has 0 aliphatic heterocycles. The van der Waals surface area contributed by atoms with E-state index >= 15 is 0 Å². The molecule has 3 aliphatic carbocycles. The molecule has 9 heteroatoms. The minimum absolute atomic E-state index is 0.111. The number of carbonyl (C=O) groups excluding carboxylic acids is 3. The van der Waals surface area contributed by atoms with Crippen molar-refractivity contribution in [2.75, 3.05) is 19.0 Å². The van der Waals surface area contributed by atoms with Gasteiger partial charge in [0.25, 0.3) is 5.91 Å². The van der Waals surface area contributed by atoms with E-state index in [1.54, 1.807) is 0 Å². The van der Waals surface area contributed by atoms with Gasteiger partial charge < -0.3 is 31.1 Å². The Hall–Kier alpha value is -3.33. The topological polar surface area (TPSA) is 161 Å². The van der Waals surface area contributed by atoms with Gasteiger partial charge in [0.05, 0.1) is 5.56 Å². The maximum atomic E-state index is 13.6. The van der Waals surface area contributed by atoms with Crippen LogP contribution in [-0.4, -0.2) is 57.6 Å². The van der Waals surface area contributed by atoms with E-state index < -0.39 is 52.0 Å². The maximum absolute atomic E-state index is 13.6. The minimum Gasteiger partial charge on any atom is -0.508 e. The first-order valence-corrected chi connectivity index (χ1v) is 11.6. The van der Waals surface area contributed by atoms with Crippen LogP contribution in [0, 0.1) is 17.3 Å². The Morgan fingerprint density at radius 1 is 1.17 bits per heavy atom. The van der Waals surface area contributed by atoms with Gasteiger partial charge in [-0.2, -0.15) is 0 Å². The highest BCUT2D eigenvalue weighted by molar-refractivity contribution is 6.22. The molecule has 1 saturated carbocycles. The van der Waals surface area contributed by atoms with Crippen molar-refractivity contribution in [3.8, 4) is 5.75 Å². The fourth-order valence-corrected chi connectivity index (χ4v) is 5.83. The predicted molar refractivity (Wildman–Crippen MR) is 129 cm³/mol. The molecule has 0 radical (unpaired) electrons. The third-order valence-electron chi connectivity index (χ3n) is 7.32. The lowest BCUT2D eigenvalue weighted by Gasteiger charge is -2.46. The van der Waals surface area contributed by atoms with Gasteiger partial charge in [0.1, 0.15) is 22.8 Å². The molecular weight excluding hydrogens is 452 g/mol. The van der Waals surface area contributed by atoms with Crippen LogP contribution in [0.2, 0.25) is 0 Å². The molecule has 1 amide bonds.